The number of aliphatic hydroxyl groups is 1. The molecule has 152 valence electrons. The molecule has 1 aromatic carbocycles. The molecule has 8 heteroatoms. The maximum Gasteiger partial charge on any atom is 0.410 e. The number of carbonyl (C=O) groups is 2. The predicted octanol–water partition coefficient (Wildman–Crippen LogP) is 1.84. The van der Waals surface area contributed by atoms with Crippen molar-refractivity contribution in [1.82, 2.24) is 20.2 Å². The van der Waals surface area contributed by atoms with E-state index in [0.29, 0.717) is 25.9 Å². The van der Waals surface area contributed by atoms with Crippen LogP contribution in [0, 0.1) is 5.92 Å². The van der Waals surface area contributed by atoms with Crippen LogP contribution >= 0.6 is 0 Å². The first-order valence-electron chi connectivity index (χ1n) is 9.57. The van der Waals surface area contributed by atoms with Gasteiger partial charge in [0.2, 0.25) is 5.91 Å². The van der Waals surface area contributed by atoms with Crippen LogP contribution in [0.25, 0.3) is 11.0 Å². The Morgan fingerprint density at radius 3 is 2.79 bits per heavy atom. The number of ether oxygens (including phenoxy) is 1. The number of aryl methyl sites for hydroxylation is 1. The fourth-order valence-electron chi connectivity index (χ4n) is 3.22. The highest BCUT2D eigenvalue weighted by molar-refractivity contribution is 5.77. The molecule has 0 saturated carbocycles. The Morgan fingerprint density at radius 2 is 2.07 bits per heavy atom. The number of para-hydroxylation sites is 2. The number of amides is 2. The summed E-state index contributed by atoms with van der Waals surface area (Å²) in [5, 5.41) is 13.0. The number of likely N-dealkylation sites (tertiary alicyclic amines) is 1. The molecule has 1 aliphatic rings. The lowest BCUT2D eigenvalue weighted by Crippen LogP contribution is -2.36. The zero-order chi connectivity index (χ0) is 20.3. The summed E-state index contributed by atoms with van der Waals surface area (Å²) < 4.78 is 5.33. The molecule has 2 heterocycles. The third-order valence-corrected chi connectivity index (χ3v) is 4.65. The molecule has 2 aromatic rings. The zero-order valence-electron chi connectivity index (χ0n) is 16.6. The predicted molar refractivity (Wildman–Crippen MR) is 105 cm³/mol. The first-order chi connectivity index (χ1) is 13.2. The van der Waals surface area contributed by atoms with Gasteiger partial charge in [-0.25, -0.2) is 9.78 Å². The van der Waals surface area contributed by atoms with Gasteiger partial charge in [0.15, 0.2) is 0 Å². The molecular formula is C20H28N4O4. The summed E-state index contributed by atoms with van der Waals surface area (Å²) in [5.41, 5.74) is 1.26. The van der Waals surface area contributed by atoms with Crippen molar-refractivity contribution in [3.05, 3.63) is 30.1 Å². The van der Waals surface area contributed by atoms with Crippen LogP contribution in [-0.4, -0.2) is 63.3 Å². The lowest BCUT2D eigenvalue weighted by molar-refractivity contribution is -0.121. The highest BCUT2D eigenvalue weighted by Crippen LogP contribution is 2.19. The Kier molecular flexibility index (Phi) is 5.88. The van der Waals surface area contributed by atoms with Crippen molar-refractivity contribution in [3.63, 3.8) is 0 Å². The molecule has 0 unspecified atom stereocenters. The zero-order valence-corrected chi connectivity index (χ0v) is 16.6. The molecular weight excluding hydrogens is 360 g/mol. The van der Waals surface area contributed by atoms with Crippen LogP contribution in [-0.2, 0) is 16.0 Å². The van der Waals surface area contributed by atoms with E-state index in [1.54, 1.807) is 20.8 Å². The summed E-state index contributed by atoms with van der Waals surface area (Å²) >= 11 is 0. The van der Waals surface area contributed by atoms with Crippen LogP contribution in [0.1, 0.15) is 33.0 Å². The van der Waals surface area contributed by atoms with E-state index in [4.69, 9.17) is 4.74 Å². The molecule has 2 atom stereocenters. The van der Waals surface area contributed by atoms with Gasteiger partial charge in [0.05, 0.1) is 23.7 Å². The van der Waals surface area contributed by atoms with Crippen molar-refractivity contribution < 1.29 is 19.4 Å². The average molecular weight is 388 g/mol. The fourth-order valence-corrected chi connectivity index (χ4v) is 3.22. The van der Waals surface area contributed by atoms with Crippen LogP contribution < -0.4 is 5.32 Å². The number of aliphatic hydroxyl groups excluding tert-OH is 1. The summed E-state index contributed by atoms with van der Waals surface area (Å²) in [6.07, 6.45) is -0.302. The average Bonchev–Trinajstić information content (AvgIpc) is 3.19. The molecule has 3 N–H and O–H groups in total. The standard InChI is InChI=1S/C20H28N4O4/c1-20(2,3)28-19(27)24-11-13(16(25)12-24)10-21-18(26)9-8-17-22-14-6-4-5-7-15(14)23-17/h4-7,13,16,25H,8-12H2,1-3H3,(H,21,26)(H,22,23)/t13-,16+/m0/s1. The molecule has 2 amide bonds. The second-order valence-corrected chi connectivity index (χ2v) is 8.22. The van der Waals surface area contributed by atoms with Gasteiger partial charge in [0.25, 0.3) is 0 Å². The normalized spacial score (nSPS) is 19.8. The Labute approximate surface area is 164 Å². The Morgan fingerprint density at radius 1 is 1.32 bits per heavy atom. The Balaban J connectivity index is 1.43. The highest BCUT2D eigenvalue weighted by atomic mass is 16.6. The summed E-state index contributed by atoms with van der Waals surface area (Å²) in [6.45, 7) is 6.30. The van der Waals surface area contributed by atoms with Crippen LogP contribution in [0.4, 0.5) is 4.79 Å². The number of β-amino-alcohol motifs (C(OH)–C–C–N with tert-alkyl or cyclic N) is 1. The first-order valence-corrected chi connectivity index (χ1v) is 9.57. The van der Waals surface area contributed by atoms with E-state index in [-0.39, 0.29) is 18.4 Å². The van der Waals surface area contributed by atoms with Gasteiger partial charge in [-0.1, -0.05) is 12.1 Å². The minimum absolute atomic E-state index is 0.108. The van der Waals surface area contributed by atoms with Gasteiger partial charge in [0.1, 0.15) is 11.4 Å². The van der Waals surface area contributed by atoms with E-state index in [2.05, 4.69) is 15.3 Å². The molecule has 1 fully saturated rings. The third kappa shape index (κ3) is 5.22. The van der Waals surface area contributed by atoms with Crippen LogP contribution in [0.3, 0.4) is 0 Å². The number of hydrogen-bond acceptors (Lipinski definition) is 5. The summed E-state index contributed by atoms with van der Waals surface area (Å²) in [4.78, 5) is 33.4. The number of hydrogen-bond donors (Lipinski definition) is 3. The maximum absolute atomic E-state index is 12.2. The molecule has 28 heavy (non-hydrogen) atoms. The van der Waals surface area contributed by atoms with Crippen molar-refractivity contribution in [2.24, 2.45) is 5.92 Å². The monoisotopic (exact) mass is 388 g/mol. The minimum Gasteiger partial charge on any atom is -0.444 e. The van der Waals surface area contributed by atoms with E-state index < -0.39 is 17.8 Å². The van der Waals surface area contributed by atoms with Crippen molar-refractivity contribution in [1.29, 1.82) is 0 Å². The fraction of sp³-hybridized carbons (Fsp3) is 0.550. The molecule has 1 aliphatic heterocycles. The van der Waals surface area contributed by atoms with Gasteiger partial charge in [0, 0.05) is 31.8 Å². The number of nitrogens with one attached hydrogen (secondary N) is 2. The quantitative estimate of drug-likeness (QED) is 0.724. The number of fused-ring (bicyclic) bond motifs is 1. The Bertz CT molecular complexity index is 809. The van der Waals surface area contributed by atoms with Crippen molar-refractivity contribution in [2.75, 3.05) is 19.6 Å². The SMILES string of the molecule is CC(C)(C)OC(=O)N1C[C@H](CNC(=O)CCc2nc3ccccc3[nH]2)[C@H](O)C1. The molecule has 1 saturated heterocycles. The molecule has 0 spiro atoms. The number of benzene rings is 1. The van der Waals surface area contributed by atoms with Gasteiger partial charge in [-0.05, 0) is 32.9 Å². The number of imidazole rings is 1. The summed E-state index contributed by atoms with van der Waals surface area (Å²) in [7, 11) is 0. The van der Waals surface area contributed by atoms with Gasteiger partial charge < -0.3 is 25.0 Å². The number of rotatable bonds is 5. The van der Waals surface area contributed by atoms with E-state index in [0.717, 1.165) is 16.9 Å². The molecule has 8 nitrogen and oxygen atoms in total. The smallest absolute Gasteiger partial charge is 0.410 e. The molecule has 0 aliphatic carbocycles. The number of carbonyl (C=O) groups excluding carboxylic acids is 2. The molecule has 0 radical (unpaired) electrons. The highest BCUT2D eigenvalue weighted by Gasteiger charge is 2.36. The lowest BCUT2D eigenvalue weighted by Gasteiger charge is -2.24. The maximum atomic E-state index is 12.2. The van der Waals surface area contributed by atoms with Crippen molar-refractivity contribution in [3.8, 4) is 0 Å². The van der Waals surface area contributed by atoms with Gasteiger partial charge in [-0.3, -0.25) is 4.79 Å². The van der Waals surface area contributed by atoms with E-state index in [1.165, 1.54) is 4.90 Å². The van der Waals surface area contributed by atoms with Gasteiger partial charge in [-0.2, -0.15) is 0 Å². The minimum atomic E-state index is -0.678. The van der Waals surface area contributed by atoms with Crippen LogP contribution in [0.5, 0.6) is 0 Å². The third-order valence-electron chi connectivity index (χ3n) is 4.65. The second-order valence-electron chi connectivity index (χ2n) is 8.22. The molecule has 0 bridgehead atoms. The van der Waals surface area contributed by atoms with Gasteiger partial charge >= 0.3 is 6.09 Å². The number of H-pyrrole nitrogens is 1. The van der Waals surface area contributed by atoms with Crippen LogP contribution in [0.2, 0.25) is 0 Å². The van der Waals surface area contributed by atoms with E-state index in [1.807, 2.05) is 24.3 Å². The lowest BCUT2D eigenvalue weighted by atomic mass is 10.1. The van der Waals surface area contributed by atoms with Gasteiger partial charge in [-0.15, -0.1) is 0 Å². The first kappa shape index (κ1) is 20.1. The molecule has 3 rings (SSSR count). The topological polar surface area (TPSA) is 108 Å². The number of nitrogens with zero attached hydrogens (tertiary/aromatic N) is 2. The summed E-state index contributed by atoms with van der Waals surface area (Å²) in [6, 6.07) is 7.73. The van der Waals surface area contributed by atoms with Crippen molar-refractivity contribution >= 4 is 23.0 Å². The van der Waals surface area contributed by atoms with Crippen LogP contribution in [0.15, 0.2) is 24.3 Å². The number of aromatic amines is 1. The summed E-state index contributed by atoms with van der Waals surface area (Å²) in [5.74, 6) is 0.458. The number of aromatic nitrogens is 2. The van der Waals surface area contributed by atoms with E-state index in [9.17, 15) is 14.7 Å². The van der Waals surface area contributed by atoms with Crippen molar-refractivity contribution in [2.45, 2.75) is 45.3 Å². The second kappa shape index (κ2) is 8.18. The van der Waals surface area contributed by atoms with E-state index >= 15 is 0 Å². The Hall–Kier alpha value is -2.61. The molecule has 1 aromatic heterocycles. The largest absolute Gasteiger partial charge is 0.444 e.